The molecule has 0 atom stereocenters. The second-order valence-corrected chi connectivity index (χ2v) is 7.01. The second kappa shape index (κ2) is 12.9. The van der Waals surface area contributed by atoms with Crippen LogP contribution in [0, 0.1) is 5.92 Å². The molecule has 1 rings (SSSR count). The fourth-order valence-electron chi connectivity index (χ4n) is 3.03. The molecule has 6 heteroatoms. The van der Waals surface area contributed by atoms with Crippen molar-refractivity contribution < 1.29 is 29.3 Å². The largest absolute Gasteiger partial charge is 0.549 e. The number of unbranched alkanes of at least 4 members (excludes halogenated alkanes) is 4. The number of carbonyl (C=O) groups is 2. The minimum atomic E-state index is -1.66. The van der Waals surface area contributed by atoms with Crippen LogP contribution in [0.4, 0.5) is 0 Å². The monoisotopic (exact) mass is 390 g/mol. The smallest absolute Gasteiger partial charge is 0.118 e. The molecule has 156 valence electrons. The summed E-state index contributed by atoms with van der Waals surface area (Å²) >= 11 is 0. The Morgan fingerprint density at radius 3 is 2.04 bits per heavy atom. The molecule has 0 aliphatic heterocycles. The van der Waals surface area contributed by atoms with Gasteiger partial charge >= 0.3 is 0 Å². The molecule has 0 unspecified atom stereocenters. The summed E-state index contributed by atoms with van der Waals surface area (Å²) < 4.78 is 10.8. The topological polar surface area (TPSA) is 98.7 Å². The highest BCUT2D eigenvalue weighted by molar-refractivity contribution is 5.94. The van der Waals surface area contributed by atoms with Gasteiger partial charge < -0.3 is 29.3 Å². The zero-order chi connectivity index (χ0) is 20.9. The molecule has 0 aromatic heterocycles. The SMILES string of the molecule is COc1ccc(COCCCCCCCC(=C(C)C)C(C(=O)[O-])C(=O)[O-])cc1. The van der Waals surface area contributed by atoms with E-state index in [-0.39, 0.29) is 0 Å². The predicted molar refractivity (Wildman–Crippen MR) is 102 cm³/mol. The number of ether oxygens (including phenoxy) is 2. The van der Waals surface area contributed by atoms with Crippen molar-refractivity contribution in [3.63, 3.8) is 0 Å². The summed E-state index contributed by atoms with van der Waals surface area (Å²) in [7, 11) is 1.64. The van der Waals surface area contributed by atoms with E-state index < -0.39 is 17.9 Å². The Morgan fingerprint density at radius 2 is 1.50 bits per heavy atom. The number of benzene rings is 1. The van der Waals surface area contributed by atoms with E-state index in [0.29, 0.717) is 30.8 Å². The molecule has 0 spiro atoms. The molecular formula is C22H30O6-2. The van der Waals surface area contributed by atoms with E-state index >= 15 is 0 Å². The highest BCUT2D eigenvalue weighted by Gasteiger charge is 2.18. The van der Waals surface area contributed by atoms with Gasteiger partial charge in [-0.1, -0.05) is 42.5 Å². The predicted octanol–water partition coefficient (Wildman–Crippen LogP) is 2.00. The van der Waals surface area contributed by atoms with Crippen molar-refractivity contribution in [2.24, 2.45) is 5.92 Å². The first-order valence-electron chi connectivity index (χ1n) is 9.65. The average Bonchev–Trinajstić information content (AvgIpc) is 2.65. The van der Waals surface area contributed by atoms with Crippen molar-refractivity contribution in [1.82, 2.24) is 0 Å². The van der Waals surface area contributed by atoms with Crippen LogP contribution in [0.5, 0.6) is 5.75 Å². The van der Waals surface area contributed by atoms with Gasteiger partial charge in [-0.25, -0.2) is 0 Å². The fraction of sp³-hybridized carbons (Fsp3) is 0.545. The van der Waals surface area contributed by atoms with Crippen LogP contribution in [0.1, 0.15) is 57.9 Å². The van der Waals surface area contributed by atoms with Crippen LogP contribution in [0.2, 0.25) is 0 Å². The van der Waals surface area contributed by atoms with Crippen LogP contribution in [-0.4, -0.2) is 25.7 Å². The zero-order valence-corrected chi connectivity index (χ0v) is 17.0. The van der Waals surface area contributed by atoms with Gasteiger partial charge in [0, 0.05) is 6.61 Å². The Hall–Kier alpha value is -2.34. The van der Waals surface area contributed by atoms with Gasteiger partial charge in [-0.2, -0.15) is 0 Å². The van der Waals surface area contributed by atoms with Gasteiger partial charge in [-0.3, -0.25) is 0 Å². The lowest BCUT2D eigenvalue weighted by Gasteiger charge is -2.24. The molecule has 0 radical (unpaired) electrons. The summed E-state index contributed by atoms with van der Waals surface area (Å²) in [4.78, 5) is 22.1. The molecule has 0 aliphatic rings. The van der Waals surface area contributed by atoms with Crippen molar-refractivity contribution in [2.45, 2.75) is 59.0 Å². The van der Waals surface area contributed by atoms with Gasteiger partial charge in [-0.15, -0.1) is 0 Å². The Labute approximate surface area is 167 Å². The van der Waals surface area contributed by atoms with Gasteiger partial charge in [0.1, 0.15) is 5.75 Å². The molecule has 1 aromatic rings. The highest BCUT2D eigenvalue weighted by Crippen LogP contribution is 2.22. The first-order valence-corrected chi connectivity index (χ1v) is 9.65. The number of rotatable bonds is 14. The molecule has 0 amide bonds. The normalized spacial score (nSPS) is 10.7. The Bertz CT molecular complexity index is 629. The van der Waals surface area contributed by atoms with E-state index in [1.165, 1.54) is 0 Å². The summed E-state index contributed by atoms with van der Waals surface area (Å²) in [5.41, 5.74) is 2.19. The van der Waals surface area contributed by atoms with E-state index in [1.54, 1.807) is 21.0 Å². The van der Waals surface area contributed by atoms with Crippen LogP contribution >= 0.6 is 0 Å². The maximum Gasteiger partial charge on any atom is 0.118 e. The molecule has 0 saturated heterocycles. The number of hydrogen-bond donors (Lipinski definition) is 0. The third-order valence-corrected chi connectivity index (χ3v) is 4.62. The average molecular weight is 390 g/mol. The van der Waals surface area contributed by atoms with Crippen LogP contribution in [0.3, 0.4) is 0 Å². The lowest BCUT2D eigenvalue weighted by Crippen LogP contribution is -2.44. The van der Waals surface area contributed by atoms with Gasteiger partial charge in [0.05, 0.1) is 31.6 Å². The van der Waals surface area contributed by atoms with Gasteiger partial charge in [0.15, 0.2) is 0 Å². The van der Waals surface area contributed by atoms with Crippen LogP contribution in [0.15, 0.2) is 35.4 Å². The van der Waals surface area contributed by atoms with E-state index in [9.17, 15) is 19.8 Å². The van der Waals surface area contributed by atoms with Gasteiger partial charge in [0.2, 0.25) is 0 Å². The van der Waals surface area contributed by atoms with E-state index in [1.807, 2.05) is 24.3 Å². The Balaban J connectivity index is 2.18. The van der Waals surface area contributed by atoms with Crippen molar-refractivity contribution in [1.29, 1.82) is 0 Å². The van der Waals surface area contributed by atoms with E-state index in [2.05, 4.69) is 0 Å². The third kappa shape index (κ3) is 8.57. The van der Waals surface area contributed by atoms with Crippen molar-refractivity contribution in [3.05, 3.63) is 41.0 Å². The lowest BCUT2D eigenvalue weighted by molar-refractivity contribution is -0.329. The zero-order valence-electron chi connectivity index (χ0n) is 17.0. The summed E-state index contributed by atoms with van der Waals surface area (Å²) in [6, 6.07) is 7.77. The molecule has 0 aliphatic carbocycles. The summed E-state index contributed by atoms with van der Waals surface area (Å²) in [5.74, 6) is -4.04. The van der Waals surface area contributed by atoms with E-state index in [4.69, 9.17) is 9.47 Å². The molecule has 0 N–H and O–H groups in total. The summed E-state index contributed by atoms with van der Waals surface area (Å²) in [5, 5.41) is 22.1. The number of hydrogen-bond acceptors (Lipinski definition) is 6. The van der Waals surface area contributed by atoms with Crippen LogP contribution in [-0.2, 0) is 20.9 Å². The van der Waals surface area contributed by atoms with Crippen LogP contribution < -0.4 is 14.9 Å². The molecular weight excluding hydrogens is 360 g/mol. The maximum atomic E-state index is 11.1. The summed E-state index contributed by atoms with van der Waals surface area (Å²) in [6.07, 6.45) is 5.03. The minimum Gasteiger partial charge on any atom is -0.549 e. The first-order chi connectivity index (χ1) is 13.4. The first kappa shape index (κ1) is 23.7. The van der Waals surface area contributed by atoms with Gasteiger partial charge in [-0.05, 0) is 50.8 Å². The third-order valence-electron chi connectivity index (χ3n) is 4.62. The lowest BCUT2D eigenvalue weighted by atomic mass is 9.90. The number of allylic oxidation sites excluding steroid dienone is 1. The second-order valence-electron chi connectivity index (χ2n) is 7.01. The molecule has 0 heterocycles. The molecule has 1 aromatic carbocycles. The highest BCUT2D eigenvalue weighted by atomic mass is 16.5. The van der Waals surface area contributed by atoms with Crippen molar-refractivity contribution >= 4 is 11.9 Å². The number of carboxylic acid groups (broad SMARTS) is 2. The number of carboxylic acids is 2. The quantitative estimate of drug-likeness (QED) is 0.274. The van der Waals surface area contributed by atoms with Gasteiger partial charge in [0.25, 0.3) is 0 Å². The number of methoxy groups -OCH3 is 1. The molecule has 0 saturated carbocycles. The van der Waals surface area contributed by atoms with Crippen molar-refractivity contribution in [2.75, 3.05) is 13.7 Å². The standard InChI is InChI=1S/C22H32O6/c1-16(2)19(20(21(23)24)22(25)26)9-7-5-4-6-8-14-28-15-17-10-12-18(27-3)13-11-17/h10-13,20H,4-9,14-15H2,1-3H3,(H,23,24)(H,25,26)/p-2. The van der Waals surface area contributed by atoms with Crippen LogP contribution in [0.25, 0.3) is 0 Å². The Morgan fingerprint density at radius 1 is 0.929 bits per heavy atom. The number of carbonyl (C=O) groups excluding carboxylic acids is 2. The minimum absolute atomic E-state index is 0.392. The summed E-state index contributed by atoms with van der Waals surface area (Å²) in [6.45, 7) is 4.69. The molecule has 0 fully saturated rings. The van der Waals surface area contributed by atoms with E-state index in [0.717, 1.165) is 43.4 Å². The molecule has 0 bridgehead atoms. The Kier molecular flexibility index (Phi) is 11.0. The molecule has 28 heavy (non-hydrogen) atoms. The molecule has 6 nitrogen and oxygen atoms in total. The number of aliphatic carboxylic acids is 2. The maximum absolute atomic E-state index is 11.1. The fourth-order valence-corrected chi connectivity index (χ4v) is 3.03. The van der Waals surface area contributed by atoms with Crippen molar-refractivity contribution in [3.8, 4) is 5.75 Å².